The predicted octanol–water partition coefficient (Wildman–Crippen LogP) is 4.59. The molecule has 3 aromatic rings. The fourth-order valence-electron chi connectivity index (χ4n) is 2.72. The average molecular weight is 431 g/mol. The highest BCUT2D eigenvalue weighted by molar-refractivity contribution is 8.93. The maximum Gasteiger partial charge on any atom is 0.212 e. The minimum absolute atomic E-state index is 0. The fraction of sp³-hybridized carbons (Fsp3) is 0.211. The van der Waals surface area contributed by atoms with Crippen molar-refractivity contribution in [1.29, 1.82) is 0 Å². The van der Waals surface area contributed by atoms with Crippen molar-refractivity contribution in [2.45, 2.75) is 19.0 Å². The molecule has 1 aliphatic heterocycles. The summed E-state index contributed by atoms with van der Waals surface area (Å²) in [6, 6.07) is 16.3. The smallest absolute Gasteiger partial charge is 0.212 e. The van der Waals surface area contributed by atoms with Crippen molar-refractivity contribution < 1.29 is 4.74 Å². The number of thioether (sulfide) groups is 1. The quantitative estimate of drug-likeness (QED) is 0.607. The summed E-state index contributed by atoms with van der Waals surface area (Å²) in [5.74, 6) is 2.28. The zero-order valence-electron chi connectivity index (χ0n) is 14.5. The summed E-state index contributed by atoms with van der Waals surface area (Å²) in [7, 11) is 0. The van der Waals surface area contributed by atoms with Crippen LogP contribution in [0, 0.1) is 6.92 Å². The number of hydrogen-bond donors (Lipinski definition) is 0. The van der Waals surface area contributed by atoms with Crippen LogP contribution in [-0.4, -0.2) is 32.9 Å². The molecule has 0 fully saturated rings. The summed E-state index contributed by atoms with van der Waals surface area (Å²) in [6.07, 6.45) is 0. The van der Waals surface area contributed by atoms with E-state index in [0.717, 1.165) is 33.5 Å². The number of fused-ring (bicyclic) bond motifs is 1. The minimum atomic E-state index is 0. The molecular formula is C19H19BrN4OS. The van der Waals surface area contributed by atoms with Crippen molar-refractivity contribution in [2.75, 3.05) is 12.4 Å². The Morgan fingerprint density at radius 3 is 2.62 bits per heavy atom. The molecule has 0 spiro atoms. The van der Waals surface area contributed by atoms with Gasteiger partial charge in [-0.25, -0.2) is 0 Å². The van der Waals surface area contributed by atoms with E-state index < -0.39 is 0 Å². The Balaban J connectivity index is 0.00000196. The Hall–Kier alpha value is -2.12. The Kier molecular flexibility index (Phi) is 5.78. The molecule has 0 saturated carbocycles. The molecule has 1 aliphatic rings. The molecule has 2 heterocycles. The highest BCUT2D eigenvalue weighted by Crippen LogP contribution is 2.33. The number of benzene rings is 2. The first-order valence-corrected chi connectivity index (χ1v) is 9.20. The third kappa shape index (κ3) is 3.54. The lowest BCUT2D eigenvalue weighted by Gasteiger charge is -2.15. The second-order valence-corrected chi connectivity index (χ2v) is 6.69. The van der Waals surface area contributed by atoms with Gasteiger partial charge in [-0.3, -0.25) is 0 Å². The number of nitrogens with zero attached hydrogens (tertiary/aromatic N) is 4. The average Bonchev–Trinajstić information content (AvgIpc) is 3.06. The first-order chi connectivity index (χ1) is 12.3. The van der Waals surface area contributed by atoms with Crippen LogP contribution in [0.3, 0.4) is 0 Å². The summed E-state index contributed by atoms with van der Waals surface area (Å²) in [5, 5.41) is 14.3. The Morgan fingerprint density at radius 2 is 1.85 bits per heavy atom. The monoisotopic (exact) mass is 430 g/mol. The van der Waals surface area contributed by atoms with Gasteiger partial charge in [0.15, 0.2) is 5.82 Å². The van der Waals surface area contributed by atoms with Gasteiger partial charge in [0.05, 0.1) is 17.9 Å². The number of rotatable bonds is 4. The first kappa shape index (κ1) is 18.7. The van der Waals surface area contributed by atoms with Crippen LogP contribution in [-0.2, 0) is 0 Å². The standard InChI is InChI=1S/C19H18N4OS.BrH/c1-3-24-17-7-5-4-6-15(17)18-20-21-19-23(18)22-16(12-25-19)14-10-8-13(2)9-11-14;/h4-11H,3,12H2,1-2H3;1H. The molecule has 0 radical (unpaired) electrons. The lowest BCUT2D eigenvalue weighted by atomic mass is 10.1. The third-order valence-corrected chi connectivity index (χ3v) is 4.91. The molecule has 2 aromatic carbocycles. The molecule has 0 saturated heterocycles. The van der Waals surface area contributed by atoms with E-state index in [1.165, 1.54) is 5.56 Å². The lowest BCUT2D eigenvalue weighted by molar-refractivity contribution is 0.341. The molecule has 26 heavy (non-hydrogen) atoms. The van der Waals surface area contributed by atoms with E-state index in [9.17, 15) is 0 Å². The zero-order chi connectivity index (χ0) is 17.2. The van der Waals surface area contributed by atoms with Crippen molar-refractivity contribution in [1.82, 2.24) is 14.9 Å². The number of aryl methyl sites for hydroxylation is 1. The van der Waals surface area contributed by atoms with Gasteiger partial charge < -0.3 is 4.74 Å². The second-order valence-electron chi connectivity index (χ2n) is 5.75. The number of halogens is 1. The molecule has 0 unspecified atom stereocenters. The van der Waals surface area contributed by atoms with Crippen LogP contribution in [0.15, 0.2) is 58.8 Å². The summed E-state index contributed by atoms with van der Waals surface area (Å²) in [4.78, 5) is 0. The summed E-state index contributed by atoms with van der Waals surface area (Å²) in [5.41, 5.74) is 4.29. The van der Waals surface area contributed by atoms with Crippen LogP contribution in [0.2, 0.25) is 0 Å². The maximum atomic E-state index is 5.74. The van der Waals surface area contributed by atoms with Crippen LogP contribution < -0.4 is 4.74 Å². The third-order valence-electron chi connectivity index (χ3n) is 3.98. The minimum Gasteiger partial charge on any atom is -0.493 e. The summed E-state index contributed by atoms with van der Waals surface area (Å²) in [6.45, 7) is 4.66. The molecule has 0 atom stereocenters. The van der Waals surface area contributed by atoms with Crippen molar-refractivity contribution in [3.05, 3.63) is 59.7 Å². The van der Waals surface area contributed by atoms with Gasteiger partial charge in [0.25, 0.3) is 0 Å². The second kappa shape index (κ2) is 8.05. The highest BCUT2D eigenvalue weighted by atomic mass is 79.9. The molecule has 0 amide bonds. The molecule has 1 aromatic heterocycles. The van der Waals surface area contributed by atoms with E-state index in [-0.39, 0.29) is 17.0 Å². The van der Waals surface area contributed by atoms with E-state index >= 15 is 0 Å². The van der Waals surface area contributed by atoms with Crippen LogP contribution in [0.1, 0.15) is 18.1 Å². The molecule has 0 aliphatic carbocycles. The predicted molar refractivity (Wildman–Crippen MR) is 111 cm³/mol. The molecule has 0 N–H and O–H groups in total. The van der Waals surface area contributed by atoms with Gasteiger partial charge >= 0.3 is 0 Å². The van der Waals surface area contributed by atoms with E-state index in [4.69, 9.17) is 9.84 Å². The largest absolute Gasteiger partial charge is 0.493 e. The topological polar surface area (TPSA) is 52.3 Å². The number of hydrogen-bond acceptors (Lipinski definition) is 5. The molecule has 134 valence electrons. The number of para-hydroxylation sites is 1. The highest BCUT2D eigenvalue weighted by Gasteiger charge is 2.22. The van der Waals surface area contributed by atoms with Gasteiger partial charge in [0.1, 0.15) is 5.75 Å². The van der Waals surface area contributed by atoms with Gasteiger partial charge in [0, 0.05) is 5.75 Å². The number of aromatic nitrogens is 3. The Labute approximate surface area is 167 Å². The van der Waals surface area contributed by atoms with Gasteiger partial charge in [-0.1, -0.05) is 53.7 Å². The fourth-order valence-corrected chi connectivity index (χ4v) is 3.55. The Morgan fingerprint density at radius 1 is 1.08 bits per heavy atom. The van der Waals surface area contributed by atoms with Gasteiger partial charge in [-0.05, 0) is 31.5 Å². The van der Waals surface area contributed by atoms with Crippen LogP contribution in [0.4, 0.5) is 0 Å². The van der Waals surface area contributed by atoms with Crippen molar-refractivity contribution in [3.8, 4) is 17.1 Å². The van der Waals surface area contributed by atoms with E-state index in [2.05, 4.69) is 41.4 Å². The maximum absolute atomic E-state index is 5.74. The molecule has 4 rings (SSSR count). The Bertz CT molecular complexity index is 937. The van der Waals surface area contributed by atoms with E-state index in [1.807, 2.05) is 35.9 Å². The van der Waals surface area contributed by atoms with Crippen molar-refractivity contribution in [2.24, 2.45) is 5.10 Å². The van der Waals surface area contributed by atoms with Crippen molar-refractivity contribution in [3.63, 3.8) is 0 Å². The number of ether oxygens (including phenoxy) is 1. The van der Waals surface area contributed by atoms with E-state index in [1.54, 1.807) is 11.8 Å². The normalized spacial score (nSPS) is 12.8. The van der Waals surface area contributed by atoms with Crippen LogP contribution in [0.5, 0.6) is 5.75 Å². The van der Waals surface area contributed by atoms with Gasteiger partial charge in [-0.15, -0.1) is 27.2 Å². The zero-order valence-corrected chi connectivity index (χ0v) is 17.1. The van der Waals surface area contributed by atoms with Crippen molar-refractivity contribution >= 4 is 34.5 Å². The van der Waals surface area contributed by atoms with Crippen LogP contribution >= 0.6 is 28.7 Å². The van der Waals surface area contributed by atoms with Gasteiger partial charge in [0.2, 0.25) is 5.16 Å². The summed E-state index contributed by atoms with van der Waals surface area (Å²) < 4.78 is 7.56. The van der Waals surface area contributed by atoms with Gasteiger partial charge in [-0.2, -0.15) is 9.78 Å². The van der Waals surface area contributed by atoms with E-state index in [0.29, 0.717) is 12.4 Å². The molecule has 7 heteroatoms. The van der Waals surface area contributed by atoms with Crippen LogP contribution in [0.25, 0.3) is 11.4 Å². The molecular weight excluding hydrogens is 412 g/mol. The molecule has 0 bridgehead atoms. The first-order valence-electron chi connectivity index (χ1n) is 8.21. The summed E-state index contributed by atoms with van der Waals surface area (Å²) >= 11 is 1.65. The SMILES string of the molecule is Br.CCOc1ccccc1-c1nnc2n1N=C(c1ccc(C)cc1)CS2. The molecule has 5 nitrogen and oxygen atoms in total. The lowest BCUT2D eigenvalue weighted by Crippen LogP contribution is -2.13.